The van der Waals surface area contributed by atoms with Crippen LogP contribution in [0.3, 0.4) is 0 Å². The Kier molecular flexibility index (Phi) is 5.53. The van der Waals surface area contributed by atoms with Crippen LogP contribution in [0.25, 0.3) is 10.8 Å². The molecule has 0 aliphatic rings. The van der Waals surface area contributed by atoms with Crippen molar-refractivity contribution in [1.82, 2.24) is 29.9 Å². The molecule has 0 spiro atoms. The normalized spacial score (nSPS) is 11.0. The quantitative estimate of drug-likeness (QED) is 0.466. The fourth-order valence-electron chi connectivity index (χ4n) is 3.24. The van der Waals surface area contributed by atoms with Crippen molar-refractivity contribution in [3.8, 4) is 0 Å². The van der Waals surface area contributed by atoms with E-state index in [0.717, 1.165) is 11.4 Å². The van der Waals surface area contributed by atoms with Gasteiger partial charge in [-0.1, -0.05) is 48.5 Å². The third kappa shape index (κ3) is 3.92. The highest BCUT2D eigenvalue weighted by molar-refractivity contribution is 7.71. The van der Waals surface area contributed by atoms with Crippen LogP contribution in [0.5, 0.6) is 0 Å². The molecule has 4 aromatic rings. The van der Waals surface area contributed by atoms with Crippen molar-refractivity contribution >= 4 is 28.9 Å². The molecule has 4 rings (SSSR count). The van der Waals surface area contributed by atoms with Gasteiger partial charge in [0.2, 0.25) is 0 Å². The van der Waals surface area contributed by atoms with E-state index in [2.05, 4.69) is 20.6 Å². The van der Waals surface area contributed by atoms with Gasteiger partial charge in [0, 0.05) is 25.4 Å². The molecule has 2 aromatic carbocycles. The second-order valence-electron chi connectivity index (χ2n) is 6.85. The first-order valence-corrected chi connectivity index (χ1v) is 9.87. The Morgan fingerprint density at radius 1 is 1.10 bits per heavy atom. The van der Waals surface area contributed by atoms with Crippen molar-refractivity contribution in [3.05, 3.63) is 86.8 Å². The van der Waals surface area contributed by atoms with E-state index in [9.17, 15) is 9.59 Å². The van der Waals surface area contributed by atoms with E-state index >= 15 is 0 Å². The Morgan fingerprint density at radius 2 is 1.80 bits per heavy atom. The monoisotopic (exact) mass is 420 g/mol. The minimum atomic E-state index is -0.343. The van der Waals surface area contributed by atoms with Gasteiger partial charge < -0.3 is 9.88 Å². The van der Waals surface area contributed by atoms with Crippen LogP contribution < -0.4 is 10.9 Å². The summed E-state index contributed by atoms with van der Waals surface area (Å²) in [6.07, 6.45) is 0.511. The number of benzene rings is 2. The molecular weight excluding hydrogens is 400 g/mol. The number of fused-ring (bicyclic) bond motifs is 1. The van der Waals surface area contributed by atoms with E-state index in [4.69, 9.17) is 12.2 Å². The highest BCUT2D eigenvalue weighted by Crippen LogP contribution is 2.14. The molecule has 0 aliphatic heterocycles. The van der Waals surface area contributed by atoms with Gasteiger partial charge in [0.25, 0.3) is 11.5 Å². The van der Waals surface area contributed by atoms with Crippen molar-refractivity contribution in [2.75, 3.05) is 6.54 Å². The van der Waals surface area contributed by atoms with Gasteiger partial charge in [0.15, 0.2) is 10.5 Å². The molecule has 9 heteroatoms. The second-order valence-corrected chi connectivity index (χ2v) is 7.24. The number of carbonyl (C=O) groups excluding carboxylic acids is 1. The van der Waals surface area contributed by atoms with Gasteiger partial charge >= 0.3 is 0 Å². The summed E-state index contributed by atoms with van der Waals surface area (Å²) in [5, 5.41) is 15.1. The number of nitrogens with one attached hydrogen (secondary N) is 2. The number of hydrogen-bond acceptors (Lipinski definition) is 5. The summed E-state index contributed by atoms with van der Waals surface area (Å²) in [6, 6.07) is 16.6. The smallest absolute Gasteiger partial charge is 0.274 e. The molecule has 30 heavy (non-hydrogen) atoms. The Hall–Kier alpha value is -3.59. The minimum absolute atomic E-state index is 0.219. The van der Waals surface area contributed by atoms with Crippen LogP contribution in [0.4, 0.5) is 0 Å². The number of amides is 1. The summed E-state index contributed by atoms with van der Waals surface area (Å²) in [5.41, 5.74) is 0.920. The lowest BCUT2D eigenvalue weighted by Crippen LogP contribution is -2.32. The molecule has 8 nitrogen and oxygen atoms in total. The van der Waals surface area contributed by atoms with Gasteiger partial charge in [-0.3, -0.25) is 14.7 Å². The molecule has 0 bridgehead atoms. The van der Waals surface area contributed by atoms with Gasteiger partial charge in [0.05, 0.1) is 11.9 Å². The Labute approximate surface area is 177 Å². The van der Waals surface area contributed by atoms with Crippen molar-refractivity contribution in [2.45, 2.75) is 13.0 Å². The van der Waals surface area contributed by atoms with Gasteiger partial charge in [-0.25, -0.2) is 4.68 Å². The van der Waals surface area contributed by atoms with E-state index < -0.39 is 0 Å². The molecular formula is C21H20N6O2S. The molecule has 0 unspecified atom stereocenters. The van der Waals surface area contributed by atoms with Gasteiger partial charge in [-0.05, 0) is 23.8 Å². The standard InChI is InChI=1S/C21H20N6O2S/c1-26-17(23-24-21(26)30)11-12-22-19(28)18-15-9-5-6-10-16(15)20(29)27(25-18)13-14-7-3-2-4-8-14/h2-10H,11-13H2,1H3,(H,22,28)(H,24,30). The highest BCUT2D eigenvalue weighted by atomic mass is 32.1. The zero-order valence-corrected chi connectivity index (χ0v) is 17.1. The fraction of sp³-hybridized carbons (Fsp3) is 0.190. The molecule has 152 valence electrons. The summed E-state index contributed by atoms with van der Waals surface area (Å²) in [6.45, 7) is 0.648. The number of hydrogen-bond donors (Lipinski definition) is 2. The van der Waals surface area contributed by atoms with Crippen molar-refractivity contribution in [1.29, 1.82) is 0 Å². The van der Waals surface area contributed by atoms with E-state index in [1.165, 1.54) is 4.68 Å². The molecule has 2 N–H and O–H groups in total. The van der Waals surface area contributed by atoms with Crippen molar-refractivity contribution < 1.29 is 4.79 Å². The SMILES string of the molecule is Cn1c(CCNC(=O)c2nn(Cc3ccccc3)c(=O)c3ccccc23)n[nH]c1=S. The zero-order valence-electron chi connectivity index (χ0n) is 16.3. The molecule has 2 aromatic heterocycles. The molecule has 1 amide bonds. The summed E-state index contributed by atoms with van der Waals surface area (Å²) < 4.78 is 3.62. The van der Waals surface area contributed by atoms with Gasteiger partial charge in [0.1, 0.15) is 5.82 Å². The summed E-state index contributed by atoms with van der Waals surface area (Å²) in [7, 11) is 1.82. The van der Waals surface area contributed by atoms with Crippen LogP contribution in [-0.4, -0.2) is 37.0 Å². The van der Waals surface area contributed by atoms with Crippen LogP contribution in [0.1, 0.15) is 21.9 Å². The zero-order chi connectivity index (χ0) is 21.1. The van der Waals surface area contributed by atoms with E-state index in [-0.39, 0.29) is 23.7 Å². The van der Waals surface area contributed by atoms with Crippen LogP contribution >= 0.6 is 12.2 Å². The van der Waals surface area contributed by atoms with E-state index in [1.807, 2.05) is 37.4 Å². The molecule has 0 saturated heterocycles. The van der Waals surface area contributed by atoms with E-state index in [0.29, 0.717) is 28.5 Å². The lowest BCUT2D eigenvalue weighted by molar-refractivity contribution is 0.0948. The number of carbonyl (C=O) groups is 1. The third-order valence-electron chi connectivity index (χ3n) is 4.86. The summed E-state index contributed by atoms with van der Waals surface area (Å²) >= 11 is 5.10. The van der Waals surface area contributed by atoms with Gasteiger partial charge in [-0.2, -0.15) is 10.2 Å². The molecule has 0 radical (unpaired) electrons. The second kappa shape index (κ2) is 8.42. The van der Waals surface area contributed by atoms with Crippen LogP contribution in [0, 0.1) is 4.77 Å². The summed E-state index contributed by atoms with van der Waals surface area (Å²) in [4.78, 5) is 25.8. The van der Waals surface area contributed by atoms with E-state index in [1.54, 1.807) is 28.8 Å². The summed E-state index contributed by atoms with van der Waals surface area (Å²) in [5.74, 6) is 0.400. The maximum atomic E-state index is 12.9. The van der Waals surface area contributed by atoms with Gasteiger partial charge in [-0.15, -0.1) is 0 Å². The predicted octanol–water partition coefficient (Wildman–Crippen LogP) is 2.21. The number of rotatable bonds is 6. The Bertz CT molecular complexity index is 1320. The molecule has 0 atom stereocenters. The number of nitrogens with zero attached hydrogens (tertiary/aromatic N) is 4. The fourth-order valence-corrected chi connectivity index (χ4v) is 3.39. The molecule has 0 aliphatic carbocycles. The average Bonchev–Trinajstić information content (AvgIpc) is 3.08. The van der Waals surface area contributed by atoms with Crippen LogP contribution in [0.15, 0.2) is 59.4 Å². The number of aromatic amines is 1. The van der Waals surface area contributed by atoms with Crippen molar-refractivity contribution in [2.24, 2.45) is 7.05 Å². The number of H-pyrrole nitrogens is 1. The molecule has 0 fully saturated rings. The maximum absolute atomic E-state index is 12.9. The Balaban J connectivity index is 1.62. The first-order chi connectivity index (χ1) is 14.5. The first kappa shape index (κ1) is 19.7. The Morgan fingerprint density at radius 3 is 2.50 bits per heavy atom. The largest absolute Gasteiger partial charge is 0.350 e. The topological polar surface area (TPSA) is 97.6 Å². The van der Waals surface area contributed by atoms with Crippen molar-refractivity contribution in [3.63, 3.8) is 0 Å². The first-order valence-electron chi connectivity index (χ1n) is 9.47. The molecule has 2 heterocycles. The number of aromatic nitrogens is 5. The lowest BCUT2D eigenvalue weighted by Gasteiger charge is -2.11. The third-order valence-corrected chi connectivity index (χ3v) is 5.23. The minimum Gasteiger partial charge on any atom is -0.350 e. The van der Waals surface area contributed by atoms with Crippen LogP contribution in [-0.2, 0) is 20.0 Å². The molecule has 0 saturated carbocycles. The maximum Gasteiger partial charge on any atom is 0.274 e. The average molecular weight is 420 g/mol. The lowest BCUT2D eigenvalue weighted by atomic mass is 10.1. The van der Waals surface area contributed by atoms with Crippen LogP contribution in [0.2, 0.25) is 0 Å². The predicted molar refractivity (Wildman–Crippen MR) is 116 cm³/mol. The highest BCUT2D eigenvalue weighted by Gasteiger charge is 2.17.